The zero-order chi connectivity index (χ0) is 24.4. The molecule has 0 unspecified atom stereocenters. The minimum Gasteiger partial charge on any atom is -0.379 e. The van der Waals surface area contributed by atoms with E-state index in [0.29, 0.717) is 31.5 Å². The van der Waals surface area contributed by atoms with E-state index in [1.54, 1.807) is 15.9 Å². The summed E-state index contributed by atoms with van der Waals surface area (Å²) in [7, 11) is 0. The minimum atomic E-state index is -0.211. The van der Waals surface area contributed by atoms with Crippen molar-refractivity contribution in [3.05, 3.63) is 56.4 Å². The molecule has 0 spiro atoms. The quantitative estimate of drug-likeness (QED) is 0.537. The van der Waals surface area contributed by atoms with Crippen molar-refractivity contribution < 1.29 is 9.53 Å². The zero-order valence-electron chi connectivity index (χ0n) is 20.6. The van der Waals surface area contributed by atoms with E-state index < -0.39 is 0 Å². The standard InChI is InChI=1S/C27H34N4O3S/c1-3-4-19-6-8-20(9-7-19)28-24(32)17-31-23(16-30-11-13-34-14-12-30)29-26-25(27(31)33)21-10-5-18(2)15-22(21)35-26/h6-9,18H,3-5,10-17H2,1-2H3,(H,28,32)/t18-/m1/s1. The van der Waals surface area contributed by atoms with Crippen LogP contribution in [0, 0.1) is 5.92 Å². The number of amides is 1. The summed E-state index contributed by atoms with van der Waals surface area (Å²) in [5.74, 6) is 1.07. The molecule has 2 aliphatic rings. The van der Waals surface area contributed by atoms with Gasteiger partial charge in [-0.1, -0.05) is 32.4 Å². The van der Waals surface area contributed by atoms with E-state index in [4.69, 9.17) is 9.72 Å². The number of morpholine rings is 1. The van der Waals surface area contributed by atoms with E-state index >= 15 is 0 Å². The van der Waals surface area contributed by atoms with Gasteiger partial charge in [0.25, 0.3) is 5.56 Å². The Kier molecular flexibility index (Phi) is 7.32. The Morgan fingerprint density at radius 3 is 2.74 bits per heavy atom. The first kappa shape index (κ1) is 24.2. The second-order valence-electron chi connectivity index (χ2n) is 9.83. The predicted octanol–water partition coefficient (Wildman–Crippen LogP) is 4.01. The Morgan fingerprint density at radius 2 is 2.00 bits per heavy atom. The Hall–Kier alpha value is -2.55. The molecule has 186 valence electrons. The van der Waals surface area contributed by atoms with Crippen LogP contribution < -0.4 is 10.9 Å². The van der Waals surface area contributed by atoms with Gasteiger partial charge < -0.3 is 10.1 Å². The average molecular weight is 495 g/mol. The van der Waals surface area contributed by atoms with Gasteiger partial charge in [0.05, 0.1) is 25.1 Å². The third-order valence-corrected chi connectivity index (χ3v) is 8.19. The van der Waals surface area contributed by atoms with Crippen LogP contribution in [0.2, 0.25) is 0 Å². The van der Waals surface area contributed by atoms with Crippen LogP contribution in [0.1, 0.15) is 48.5 Å². The molecule has 0 radical (unpaired) electrons. The molecule has 2 aromatic heterocycles. The highest BCUT2D eigenvalue weighted by atomic mass is 32.1. The Morgan fingerprint density at radius 1 is 1.23 bits per heavy atom. The van der Waals surface area contributed by atoms with Crippen LogP contribution in [-0.2, 0) is 41.9 Å². The molecule has 8 heteroatoms. The van der Waals surface area contributed by atoms with Gasteiger partial charge in [0.2, 0.25) is 5.91 Å². The molecule has 1 N–H and O–H groups in total. The molecule has 1 amide bonds. The fourth-order valence-corrected chi connectivity index (χ4v) is 6.49. The molecule has 1 aliphatic heterocycles. The summed E-state index contributed by atoms with van der Waals surface area (Å²) in [5.41, 5.74) is 3.06. The van der Waals surface area contributed by atoms with E-state index in [0.717, 1.165) is 66.7 Å². The van der Waals surface area contributed by atoms with Crippen LogP contribution in [-0.4, -0.2) is 46.7 Å². The van der Waals surface area contributed by atoms with Crippen LogP contribution in [0.3, 0.4) is 0 Å². The predicted molar refractivity (Wildman–Crippen MR) is 140 cm³/mol. The first-order valence-corrected chi connectivity index (χ1v) is 13.6. The number of fused-ring (bicyclic) bond motifs is 3. The molecule has 35 heavy (non-hydrogen) atoms. The maximum atomic E-state index is 13.8. The second kappa shape index (κ2) is 10.6. The maximum Gasteiger partial charge on any atom is 0.263 e. The number of anilines is 1. The average Bonchev–Trinajstić information content (AvgIpc) is 3.21. The molecule has 5 rings (SSSR count). The highest BCUT2D eigenvalue weighted by Crippen LogP contribution is 2.36. The molecular formula is C27H34N4O3S. The fraction of sp³-hybridized carbons (Fsp3) is 0.519. The Labute approximate surface area is 210 Å². The monoisotopic (exact) mass is 494 g/mol. The van der Waals surface area contributed by atoms with Gasteiger partial charge in [0.15, 0.2) is 0 Å². The van der Waals surface area contributed by atoms with Crippen LogP contribution in [0.15, 0.2) is 29.1 Å². The van der Waals surface area contributed by atoms with Gasteiger partial charge in [-0.2, -0.15) is 0 Å². The fourth-order valence-electron chi connectivity index (χ4n) is 5.10. The van der Waals surface area contributed by atoms with Crippen LogP contribution in [0.5, 0.6) is 0 Å². The van der Waals surface area contributed by atoms with E-state index in [9.17, 15) is 9.59 Å². The van der Waals surface area contributed by atoms with Crippen LogP contribution >= 0.6 is 11.3 Å². The largest absolute Gasteiger partial charge is 0.379 e. The highest BCUT2D eigenvalue weighted by molar-refractivity contribution is 7.18. The number of thiophene rings is 1. The van der Waals surface area contributed by atoms with Gasteiger partial charge in [-0.05, 0) is 54.9 Å². The molecule has 0 bridgehead atoms. The number of rotatable bonds is 7. The van der Waals surface area contributed by atoms with Crippen molar-refractivity contribution in [2.75, 3.05) is 31.6 Å². The van der Waals surface area contributed by atoms with Gasteiger partial charge in [-0.3, -0.25) is 19.1 Å². The third-order valence-electron chi connectivity index (χ3n) is 7.04. The Balaban J connectivity index is 1.46. The summed E-state index contributed by atoms with van der Waals surface area (Å²) < 4.78 is 7.09. The lowest BCUT2D eigenvalue weighted by molar-refractivity contribution is -0.116. The maximum absolute atomic E-state index is 13.8. The highest BCUT2D eigenvalue weighted by Gasteiger charge is 2.26. The lowest BCUT2D eigenvalue weighted by Gasteiger charge is -2.27. The van der Waals surface area contributed by atoms with Gasteiger partial charge in [0.1, 0.15) is 17.2 Å². The van der Waals surface area contributed by atoms with Gasteiger partial charge in [-0.15, -0.1) is 11.3 Å². The molecule has 1 fully saturated rings. The number of nitrogens with zero attached hydrogens (tertiary/aromatic N) is 3. The van der Waals surface area contributed by atoms with Crippen LogP contribution in [0.4, 0.5) is 5.69 Å². The first-order chi connectivity index (χ1) is 17.0. The molecule has 3 heterocycles. The minimum absolute atomic E-state index is 0.0425. The summed E-state index contributed by atoms with van der Waals surface area (Å²) in [4.78, 5) is 36.2. The normalized spacial score (nSPS) is 18.5. The summed E-state index contributed by atoms with van der Waals surface area (Å²) in [6, 6.07) is 7.94. The first-order valence-electron chi connectivity index (χ1n) is 12.7. The number of nitrogens with one attached hydrogen (secondary N) is 1. The van der Waals surface area contributed by atoms with E-state index in [-0.39, 0.29) is 18.0 Å². The van der Waals surface area contributed by atoms with Crippen molar-refractivity contribution in [1.82, 2.24) is 14.5 Å². The van der Waals surface area contributed by atoms with E-state index in [1.165, 1.54) is 10.4 Å². The molecule has 7 nitrogen and oxygen atoms in total. The lowest BCUT2D eigenvalue weighted by atomic mass is 9.89. The molecule has 1 saturated heterocycles. The summed E-state index contributed by atoms with van der Waals surface area (Å²) in [5, 5.41) is 3.69. The number of hydrogen-bond acceptors (Lipinski definition) is 6. The number of aromatic nitrogens is 2. The molecule has 1 aromatic carbocycles. The topological polar surface area (TPSA) is 76.5 Å². The van der Waals surface area contributed by atoms with Crippen molar-refractivity contribution in [1.29, 1.82) is 0 Å². The number of hydrogen-bond donors (Lipinski definition) is 1. The van der Waals surface area contributed by atoms with Crippen molar-refractivity contribution >= 4 is 33.1 Å². The molecule has 1 aliphatic carbocycles. The van der Waals surface area contributed by atoms with Crippen LogP contribution in [0.25, 0.3) is 10.2 Å². The van der Waals surface area contributed by atoms with E-state index in [2.05, 4.69) is 24.1 Å². The summed E-state index contributed by atoms with van der Waals surface area (Å²) >= 11 is 1.66. The SMILES string of the molecule is CCCc1ccc(NC(=O)Cn2c(CN3CCOCC3)nc3sc4c(c3c2=O)CC[C@@H](C)C4)cc1. The lowest BCUT2D eigenvalue weighted by Crippen LogP contribution is -2.39. The van der Waals surface area contributed by atoms with E-state index in [1.807, 2.05) is 24.3 Å². The summed E-state index contributed by atoms with van der Waals surface area (Å²) in [6.45, 7) is 7.84. The van der Waals surface area contributed by atoms with Crippen molar-refractivity contribution in [2.24, 2.45) is 5.92 Å². The molecular weight excluding hydrogens is 460 g/mol. The number of benzene rings is 1. The van der Waals surface area contributed by atoms with Gasteiger partial charge >= 0.3 is 0 Å². The molecule has 3 aromatic rings. The number of ether oxygens (including phenoxy) is 1. The smallest absolute Gasteiger partial charge is 0.263 e. The summed E-state index contributed by atoms with van der Waals surface area (Å²) in [6.07, 6.45) is 5.10. The third kappa shape index (κ3) is 5.34. The molecule has 1 atom stereocenters. The Bertz CT molecular complexity index is 1260. The van der Waals surface area contributed by atoms with Gasteiger partial charge in [0, 0.05) is 23.7 Å². The zero-order valence-corrected chi connectivity index (χ0v) is 21.5. The van der Waals surface area contributed by atoms with Crippen molar-refractivity contribution in [2.45, 2.75) is 59.0 Å². The van der Waals surface area contributed by atoms with Gasteiger partial charge in [-0.25, -0.2) is 4.98 Å². The number of carbonyl (C=O) groups is 1. The van der Waals surface area contributed by atoms with Crippen molar-refractivity contribution in [3.63, 3.8) is 0 Å². The second-order valence-corrected chi connectivity index (χ2v) is 10.9. The number of carbonyl (C=O) groups excluding carboxylic acids is 1. The van der Waals surface area contributed by atoms with Crippen molar-refractivity contribution in [3.8, 4) is 0 Å². The molecule has 0 saturated carbocycles. The number of aryl methyl sites for hydroxylation is 2.